The van der Waals surface area contributed by atoms with E-state index in [2.05, 4.69) is 10.3 Å². The van der Waals surface area contributed by atoms with Gasteiger partial charge in [-0.3, -0.25) is 14.7 Å². The number of aliphatic carboxylic acids is 1. The maximum atomic E-state index is 12.2. The number of nitrogens with one attached hydrogen (secondary N) is 1. The molecule has 2 amide bonds. The molecule has 1 fully saturated rings. The largest absolute Gasteiger partial charge is 0.480 e. The van der Waals surface area contributed by atoms with Gasteiger partial charge in [0.2, 0.25) is 0 Å². The summed E-state index contributed by atoms with van der Waals surface area (Å²) >= 11 is 0. The average Bonchev–Trinajstić information content (AvgIpc) is 2.66. The lowest BCUT2D eigenvalue weighted by Crippen LogP contribution is -2.38. The van der Waals surface area contributed by atoms with Crippen molar-refractivity contribution in [3.8, 4) is 0 Å². The highest BCUT2D eigenvalue weighted by Gasteiger charge is 2.20. The molecule has 1 aromatic rings. The van der Waals surface area contributed by atoms with E-state index in [1.54, 1.807) is 11.1 Å². The Morgan fingerprint density at radius 3 is 2.76 bits per heavy atom. The zero-order valence-electron chi connectivity index (χ0n) is 12.1. The third-order valence-corrected chi connectivity index (χ3v) is 3.40. The minimum atomic E-state index is -0.835. The summed E-state index contributed by atoms with van der Waals surface area (Å²) in [6.07, 6.45) is 2.40. The summed E-state index contributed by atoms with van der Waals surface area (Å²) in [6.45, 7) is 4.34. The van der Waals surface area contributed by atoms with Crippen LogP contribution >= 0.6 is 0 Å². The van der Waals surface area contributed by atoms with Crippen LogP contribution in [0.15, 0.2) is 18.3 Å². The van der Waals surface area contributed by atoms with Gasteiger partial charge in [0.05, 0.1) is 18.4 Å². The van der Waals surface area contributed by atoms with Gasteiger partial charge in [-0.25, -0.2) is 4.79 Å². The van der Waals surface area contributed by atoms with Gasteiger partial charge in [0, 0.05) is 31.9 Å². The Morgan fingerprint density at radius 2 is 2.10 bits per heavy atom. The van der Waals surface area contributed by atoms with Crippen molar-refractivity contribution in [1.29, 1.82) is 0 Å². The number of carbonyl (C=O) groups is 2. The zero-order chi connectivity index (χ0) is 15.2. The van der Waals surface area contributed by atoms with Gasteiger partial charge in [-0.1, -0.05) is 0 Å². The normalized spacial score (nSPS) is 16.3. The quantitative estimate of drug-likeness (QED) is 0.868. The Kier molecular flexibility index (Phi) is 5.10. The molecule has 0 bridgehead atoms. The Morgan fingerprint density at radius 1 is 1.29 bits per heavy atom. The van der Waals surface area contributed by atoms with Crippen molar-refractivity contribution in [3.05, 3.63) is 24.0 Å². The number of aryl methyl sites for hydroxylation is 1. The van der Waals surface area contributed by atoms with E-state index in [0.29, 0.717) is 31.9 Å². The fourth-order valence-corrected chi connectivity index (χ4v) is 2.27. The van der Waals surface area contributed by atoms with Crippen LogP contribution in [0, 0.1) is 6.92 Å². The highest BCUT2D eigenvalue weighted by molar-refractivity contribution is 5.89. The van der Waals surface area contributed by atoms with Gasteiger partial charge in [0.15, 0.2) is 0 Å². The van der Waals surface area contributed by atoms with Crippen LogP contribution in [0.5, 0.6) is 0 Å². The van der Waals surface area contributed by atoms with Crippen molar-refractivity contribution >= 4 is 17.7 Å². The molecule has 7 heteroatoms. The summed E-state index contributed by atoms with van der Waals surface area (Å²) in [4.78, 5) is 30.6. The lowest BCUT2D eigenvalue weighted by molar-refractivity contribution is -0.138. The monoisotopic (exact) mass is 292 g/mol. The second-order valence-electron chi connectivity index (χ2n) is 5.13. The molecule has 1 aliphatic rings. The first-order chi connectivity index (χ1) is 10.0. The van der Waals surface area contributed by atoms with Crippen molar-refractivity contribution < 1.29 is 14.7 Å². The number of rotatable bonds is 3. The lowest BCUT2D eigenvalue weighted by Gasteiger charge is -2.21. The summed E-state index contributed by atoms with van der Waals surface area (Å²) in [6, 6.07) is 3.49. The highest BCUT2D eigenvalue weighted by Crippen LogP contribution is 2.09. The second kappa shape index (κ2) is 7.03. The predicted molar refractivity (Wildman–Crippen MR) is 78.3 cm³/mol. The van der Waals surface area contributed by atoms with E-state index in [1.807, 2.05) is 24.0 Å². The summed E-state index contributed by atoms with van der Waals surface area (Å²) in [5.74, 6) is -0.835. The van der Waals surface area contributed by atoms with Gasteiger partial charge < -0.3 is 15.3 Å². The molecule has 2 rings (SSSR count). The molecule has 2 N–H and O–H groups in total. The molecule has 0 atom stereocenters. The first kappa shape index (κ1) is 15.2. The lowest BCUT2D eigenvalue weighted by atomic mass is 10.3. The van der Waals surface area contributed by atoms with Gasteiger partial charge in [-0.15, -0.1) is 0 Å². The van der Waals surface area contributed by atoms with Crippen LogP contribution in [0.2, 0.25) is 0 Å². The SMILES string of the molecule is Cc1ccc(NC(=O)N2CCCN(CC(=O)O)CC2)cn1. The van der Waals surface area contributed by atoms with E-state index in [1.165, 1.54) is 0 Å². The van der Waals surface area contributed by atoms with E-state index in [0.717, 1.165) is 12.1 Å². The Bertz CT molecular complexity index is 503. The number of carbonyl (C=O) groups excluding carboxylic acids is 1. The molecular weight excluding hydrogens is 272 g/mol. The molecule has 0 unspecified atom stereocenters. The topological polar surface area (TPSA) is 85.8 Å². The number of aromatic nitrogens is 1. The van der Waals surface area contributed by atoms with E-state index >= 15 is 0 Å². The molecule has 1 aliphatic heterocycles. The minimum absolute atomic E-state index is 0.0251. The molecule has 2 heterocycles. The molecule has 0 aromatic carbocycles. The van der Waals surface area contributed by atoms with Crippen LogP contribution in [0.25, 0.3) is 0 Å². The molecule has 0 radical (unpaired) electrons. The first-order valence-electron chi connectivity index (χ1n) is 6.97. The standard InChI is InChI=1S/C14H20N4O3/c1-11-3-4-12(9-15-11)16-14(21)18-6-2-5-17(7-8-18)10-13(19)20/h3-4,9H,2,5-8,10H2,1H3,(H,16,21)(H,19,20). The molecule has 1 aromatic heterocycles. The van der Waals surface area contributed by atoms with Crippen LogP contribution in [-0.2, 0) is 4.79 Å². The smallest absolute Gasteiger partial charge is 0.321 e. The molecule has 0 saturated carbocycles. The summed E-state index contributed by atoms with van der Waals surface area (Å²) in [7, 11) is 0. The maximum Gasteiger partial charge on any atom is 0.321 e. The van der Waals surface area contributed by atoms with Crippen molar-refractivity contribution in [2.24, 2.45) is 0 Å². The van der Waals surface area contributed by atoms with Crippen LogP contribution in [0.1, 0.15) is 12.1 Å². The third-order valence-electron chi connectivity index (χ3n) is 3.40. The average molecular weight is 292 g/mol. The predicted octanol–water partition coefficient (Wildman–Crippen LogP) is 1.01. The fraction of sp³-hybridized carbons (Fsp3) is 0.500. The minimum Gasteiger partial charge on any atom is -0.480 e. The molecule has 1 saturated heterocycles. The Labute approximate surface area is 123 Å². The molecule has 7 nitrogen and oxygen atoms in total. The number of carboxylic acids is 1. The first-order valence-corrected chi connectivity index (χ1v) is 6.97. The molecule has 0 spiro atoms. The van der Waals surface area contributed by atoms with Gasteiger partial charge in [-0.2, -0.15) is 0 Å². The number of nitrogens with zero attached hydrogens (tertiary/aromatic N) is 3. The molecular formula is C14H20N4O3. The van der Waals surface area contributed by atoms with E-state index < -0.39 is 5.97 Å². The number of hydrogen-bond acceptors (Lipinski definition) is 4. The summed E-state index contributed by atoms with van der Waals surface area (Å²) in [5, 5.41) is 11.6. The van der Waals surface area contributed by atoms with Gasteiger partial charge >= 0.3 is 12.0 Å². The molecule has 114 valence electrons. The van der Waals surface area contributed by atoms with Crippen LogP contribution in [0.4, 0.5) is 10.5 Å². The van der Waals surface area contributed by atoms with E-state index in [-0.39, 0.29) is 12.6 Å². The summed E-state index contributed by atoms with van der Waals surface area (Å²) < 4.78 is 0. The van der Waals surface area contributed by atoms with E-state index in [4.69, 9.17) is 5.11 Å². The highest BCUT2D eigenvalue weighted by atomic mass is 16.4. The van der Waals surface area contributed by atoms with Gasteiger partial charge in [-0.05, 0) is 25.5 Å². The van der Waals surface area contributed by atoms with Crippen molar-refractivity contribution in [2.45, 2.75) is 13.3 Å². The molecule has 21 heavy (non-hydrogen) atoms. The number of pyridine rings is 1. The van der Waals surface area contributed by atoms with Gasteiger partial charge in [0.1, 0.15) is 0 Å². The Hall–Kier alpha value is -2.15. The third kappa shape index (κ3) is 4.71. The van der Waals surface area contributed by atoms with Crippen LogP contribution in [-0.4, -0.2) is 64.6 Å². The Balaban J connectivity index is 1.88. The number of urea groups is 1. The van der Waals surface area contributed by atoms with E-state index in [9.17, 15) is 9.59 Å². The maximum absolute atomic E-state index is 12.2. The van der Waals surface area contributed by atoms with Crippen LogP contribution in [0.3, 0.4) is 0 Å². The number of amides is 2. The number of hydrogen-bond donors (Lipinski definition) is 2. The fourth-order valence-electron chi connectivity index (χ4n) is 2.27. The summed E-state index contributed by atoms with van der Waals surface area (Å²) in [5.41, 5.74) is 1.56. The van der Waals surface area contributed by atoms with Crippen molar-refractivity contribution in [1.82, 2.24) is 14.8 Å². The zero-order valence-corrected chi connectivity index (χ0v) is 12.1. The van der Waals surface area contributed by atoms with Gasteiger partial charge in [0.25, 0.3) is 0 Å². The van der Waals surface area contributed by atoms with Crippen molar-refractivity contribution in [3.63, 3.8) is 0 Å². The number of anilines is 1. The van der Waals surface area contributed by atoms with Crippen molar-refractivity contribution in [2.75, 3.05) is 38.0 Å². The molecule has 0 aliphatic carbocycles. The second-order valence-corrected chi connectivity index (χ2v) is 5.13. The van der Waals surface area contributed by atoms with Crippen LogP contribution < -0.4 is 5.32 Å². The number of carboxylic acid groups (broad SMARTS) is 1.